The minimum absolute atomic E-state index is 0.121. The molecule has 1 nitrogen and oxygen atoms in total. The molecule has 0 saturated heterocycles. The van der Waals surface area contributed by atoms with E-state index in [-0.39, 0.29) is 11.7 Å². The Kier molecular flexibility index (Phi) is 3.56. The highest BCUT2D eigenvalue weighted by atomic mass is 35.5. The molecule has 2 atom stereocenters. The molecule has 1 aromatic rings. The molecular formula is C13H14Cl2O. The summed E-state index contributed by atoms with van der Waals surface area (Å²) < 4.78 is 0. The van der Waals surface area contributed by atoms with Crippen LogP contribution < -0.4 is 0 Å². The number of ketones is 1. The SMILES string of the molecule is CC1CCCC1C(=O)c1cc(Cl)ccc1Cl. The molecule has 0 bridgehead atoms. The van der Waals surface area contributed by atoms with Crippen LogP contribution in [-0.4, -0.2) is 5.78 Å². The van der Waals surface area contributed by atoms with Crippen molar-refractivity contribution in [3.8, 4) is 0 Å². The monoisotopic (exact) mass is 256 g/mol. The van der Waals surface area contributed by atoms with E-state index in [2.05, 4.69) is 6.92 Å². The van der Waals surface area contributed by atoms with E-state index >= 15 is 0 Å². The zero-order valence-electron chi connectivity index (χ0n) is 9.17. The normalized spacial score (nSPS) is 24.7. The molecule has 2 unspecified atom stereocenters. The van der Waals surface area contributed by atoms with Crippen molar-refractivity contribution < 1.29 is 4.79 Å². The lowest BCUT2D eigenvalue weighted by Crippen LogP contribution is -2.17. The lowest BCUT2D eigenvalue weighted by molar-refractivity contribution is 0.0897. The number of hydrogen-bond acceptors (Lipinski definition) is 1. The van der Waals surface area contributed by atoms with E-state index in [1.807, 2.05) is 0 Å². The number of carbonyl (C=O) groups excluding carboxylic acids is 1. The minimum Gasteiger partial charge on any atom is -0.294 e. The molecule has 1 aromatic carbocycles. The number of halogens is 2. The first-order chi connectivity index (χ1) is 7.59. The number of hydrogen-bond donors (Lipinski definition) is 0. The largest absolute Gasteiger partial charge is 0.294 e. The second kappa shape index (κ2) is 4.77. The van der Waals surface area contributed by atoms with Gasteiger partial charge in [-0.15, -0.1) is 0 Å². The van der Waals surface area contributed by atoms with Crippen molar-refractivity contribution in [3.05, 3.63) is 33.8 Å². The van der Waals surface area contributed by atoms with Gasteiger partial charge in [0.2, 0.25) is 0 Å². The van der Waals surface area contributed by atoms with E-state index in [4.69, 9.17) is 23.2 Å². The number of Topliss-reactive ketones (excluding diaryl/α,β-unsaturated/α-hetero) is 1. The lowest BCUT2D eigenvalue weighted by atomic mass is 9.89. The summed E-state index contributed by atoms with van der Waals surface area (Å²) >= 11 is 11.9. The zero-order valence-corrected chi connectivity index (χ0v) is 10.7. The maximum atomic E-state index is 12.3. The molecule has 1 aliphatic carbocycles. The van der Waals surface area contributed by atoms with Gasteiger partial charge in [-0.05, 0) is 37.0 Å². The smallest absolute Gasteiger partial charge is 0.167 e. The van der Waals surface area contributed by atoms with Crippen molar-refractivity contribution in [2.45, 2.75) is 26.2 Å². The molecule has 2 rings (SSSR count). The third kappa shape index (κ3) is 2.26. The Morgan fingerprint density at radius 3 is 2.69 bits per heavy atom. The van der Waals surface area contributed by atoms with Crippen LogP contribution in [0.3, 0.4) is 0 Å². The molecule has 86 valence electrons. The van der Waals surface area contributed by atoms with Gasteiger partial charge >= 0.3 is 0 Å². The summed E-state index contributed by atoms with van der Waals surface area (Å²) in [5, 5.41) is 1.08. The molecule has 0 amide bonds. The topological polar surface area (TPSA) is 17.1 Å². The first-order valence-corrected chi connectivity index (χ1v) is 6.34. The highest BCUT2D eigenvalue weighted by Crippen LogP contribution is 2.35. The van der Waals surface area contributed by atoms with E-state index in [1.165, 1.54) is 0 Å². The summed E-state index contributed by atoms with van der Waals surface area (Å²) in [5.74, 6) is 0.732. The average molecular weight is 257 g/mol. The van der Waals surface area contributed by atoms with Gasteiger partial charge in [-0.3, -0.25) is 4.79 Å². The van der Waals surface area contributed by atoms with Crippen molar-refractivity contribution in [1.82, 2.24) is 0 Å². The van der Waals surface area contributed by atoms with Crippen molar-refractivity contribution >= 4 is 29.0 Å². The van der Waals surface area contributed by atoms with Crippen LogP contribution in [0.2, 0.25) is 10.0 Å². The van der Waals surface area contributed by atoms with Gasteiger partial charge in [-0.25, -0.2) is 0 Å². The van der Waals surface area contributed by atoms with E-state index in [9.17, 15) is 4.79 Å². The first-order valence-electron chi connectivity index (χ1n) is 5.59. The van der Waals surface area contributed by atoms with Gasteiger partial charge in [-0.2, -0.15) is 0 Å². The third-order valence-corrected chi connectivity index (χ3v) is 3.96. The second-order valence-corrected chi connectivity index (χ2v) is 5.35. The van der Waals surface area contributed by atoms with E-state index in [1.54, 1.807) is 18.2 Å². The van der Waals surface area contributed by atoms with E-state index < -0.39 is 0 Å². The standard InChI is InChI=1S/C13H14Cl2O/c1-8-3-2-4-10(8)13(16)11-7-9(14)5-6-12(11)15/h5-8,10H,2-4H2,1H3. The highest BCUT2D eigenvalue weighted by Gasteiger charge is 2.31. The maximum absolute atomic E-state index is 12.3. The lowest BCUT2D eigenvalue weighted by Gasteiger charge is -2.14. The quantitative estimate of drug-likeness (QED) is 0.707. The Morgan fingerprint density at radius 1 is 1.31 bits per heavy atom. The second-order valence-electron chi connectivity index (χ2n) is 4.50. The number of carbonyl (C=O) groups is 1. The van der Waals surface area contributed by atoms with Crippen LogP contribution in [0.5, 0.6) is 0 Å². The van der Waals surface area contributed by atoms with Crippen molar-refractivity contribution in [1.29, 1.82) is 0 Å². The average Bonchev–Trinajstić information content (AvgIpc) is 2.67. The van der Waals surface area contributed by atoms with Crippen molar-refractivity contribution in [2.24, 2.45) is 11.8 Å². The molecule has 0 aromatic heterocycles. The van der Waals surface area contributed by atoms with Crippen molar-refractivity contribution in [2.75, 3.05) is 0 Å². The van der Waals surface area contributed by atoms with Gasteiger partial charge < -0.3 is 0 Å². The number of rotatable bonds is 2. The molecule has 1 aliphatic rings. The Morgan fingerprint density at radius 2 is 2.06 bits per heavy atom. The molecule has 0 N–H and O–H groups in total. The van der Waals surface area contributed by atoms with E-state index in [0.29, 0.717) is 21.5 Å². The predicted octanol–water partition coefficient (Wildman–Crippen LogP) is 4.61. The Balaban J connectivity index is 2.29. The van der Waals surface area contributed by atoms with Crippen LogP contribution in [0.4, 0.5) is 0 Å². The Bertz CT molecular complexity index is 414. The molecule has 1 saturated carbocycles. The molecule has 0 aliphatic heterocycles. The molecule has 3 heteroatoms. The van der Waals surface area contributed by atoms with Gasteiger partial charge in [0, 0.05) is 16.5 Å². The fourth-order valence-electron chi connectivity index (χ4n) is 2.42. The zero-order chi connectivity index (χ0) is 11.7. The molecule has 16 heavy (non-hydrogen) atoms. The van der Waals surface area contributed by atoms with Crippen LogP contribution in [0.1, 0.15) is 36.5 Å². The third-order valence-electron chi connectivity index (χ3n) is 3.39. The summed E-state index contributed by atoms with van der Waals surface area (Å²) in [5.41, 5.74) is 0.577. The summed E-state index contributed by atoms with van der Waals surface area (Å²) in [6.07, 6.45) is 3.24. The maximum Gasteiger partial charge on any atom is 0.167 e. The Hall–Kier alpha value is -0.530. The predicted molar refractivity (Wildman–Crippen MR) is 67.3 cm³/mol. The fourth-order valence-corrected chi connectivity index (χ4v) is 2.80. The van der Waals surface area contributed by atoms with Gasteiger partial charge in [-0.1, -0.05) is 36.5 Å². The molecule has 0 heterocycles. The fraction of sp³-hybridized carbons (Fsp3) is 0.462. The van der Waals surface area contributed by atoms with Crippen LogP contribution >= 0.6 is 23.2 Å². The van der Waals surface area contributed by atoms with Gasteiger partial charge in [0.1, 0.15) is 0 Å². The van der Waals surface area contributed by atoms with Gasteiger partial charge in [0.05, 0.1) is 5.02 Å². The summed E-state index contributed by atoms with van der Waals surface area (Å²) in [6, 6.07) is 5.08. The molecule has 0 radical (unpaired) electrons. The summed E-state index contributed by atoms with van der Waals surface area (Å²) in [4.78, 5) is 12.3. The Labute approximate surface area is 106 Å². The molecule has 0 spiro atoms. The molecular weight excluding hydrogens is 243 g/mol. The first kappa shape index (κ1) is 11.9. The molecule has 1 fully saturated rings. The van der Waals surface area contributed by atoms with Gasteiger partial charge in [0.25, 0.3) is 0 Å². The van der Waals surface area contributed by atoms with Crippen LogP contribution in [-0.2, 0) is 0 Å². The summed E-state index contributed by atoms with van der Waals surface area (Å²) in [6.45, 7) is 2.13. The van der Waals surface area contributed by atoms with Gasteiger partial charge in [0.15, 0.2) is 5.78 Å². The minimum atomic E-state index is 0.121. The highest BCUT2D eigenvalue weighted by molar-refractivity contribution is 6.36. The van der Waals surface area contributed by atoms with E-state index in [0.717, 1.165) is 19.3 Å². The van der Waals surface area contributed by atoms with Crippen molar-refractivity contribution in [3.63, 3.8) is 0 Å². The summed E-state index contributed by atoms with van der Waals surface area (Å²) in [7, 11) is 0. The van der Waals surface area contributed by atoms with Crippen LogP contribution in [0, 0.1) is 11.8 Å². The van der Waals surface area contributed by atoms with Crippen LogP contribution in [0.15, 0.2) is 18.2 Å². The van der Waals surface area contributed by atoms with Crippen LogP contribution in [0.25, 0.3) is 0 Å². The number of benzene rings is 1.